The molecule has 0 saturated carbocycles. The third kappa shape index (κ3) is 2.07. The number of hydrogen-bond donors (Lipinski definition) is 1. The summed E-state index contributed by atoms with van der Waals surface area (Å²) >= 11 is 0. The Hall–Kier alpha value is -2.95. The summed E-state index contributed by atoms with van der Waals surface area (Å²) in [4.78, 5) is 8.95. The summed E-state index contributed by atoms with van der Waals surface area (Å²) < 4.78 is 5.52. The molecule has 0 aliphatic heterocycles. The van der Waals surface area contributed by atoms with Crippen LogP contribution in [-0.4, -0.2) is 20.2 Å². The molecule has 0 spiro atoms. The van der Waals surface area contributed by atoms with Gasteiger partial charge in [-0.15, -0.1) is 0 Å². The summed E-state index contributed by atoms with van der Waals surface area (Å²) in [5, 5.41) is 7.23. The molecule has 3 heterocycles. The van der Waals surface area contributed by atoms with E-state index in [9.17, 15) is 0 Å². The molecular weight excluding hydrogens is 276 g/mol. The Balaban J connectivity index is 1.87. The smallest absolute Gasteiger partial charge is 0.192 e. The van der Waals surface area contributed by atoms with Crippen molar-refractivity contribution >= 4 is 11.1 Å². The van der Waals surface area contributed by atoms with E-state index in [0.717, 1.165) is 39.3 Å². The van der Waals surface area contributed by atoms with Gasteiger partial charge in [-0.2, -0.15) is 5.10 Å². The van der Waals surface area contributed by atoms with Gasteiger partial charge in [-0.3, -0.25) is 10.1 Å². The molecule has 4 aromatic rings. The minimum absolute atomic E-state index is 0.667. The van der Waals surface area contributed by atoms with E-state index >= 15 is 0 Å². The number of H-pyrrole nitrogens is 1. The van der Waals surface area contributed by atoms with Crippen LogP contribution in [0.1, 0.15) is 11.6 Å². The standard InChI is InChI=1S/C17H14N4O/c1-10-4-3-5-14(19-10)17-13(9-18-21-17)12-6-7-16-15(8-12)20-11(2)22-16/h3-9H,1-2H3,(H,18,21). The lowest BCUT2D eigenvalue weighted by atomic mass is 10.0. The van der Waals surface area contributed by atoms with Crippen molar-refractivity contribution in [2.75, 3.05) is 0 Å². The highest BCUT2D eigenvalue weighted by Crippen LogP contribution is 2.31. The first-order chi connectivity index (χ1) is 10.7. The van der Waals surface area contributed by atoms with E-state index in [1.165, 1.54) is 0 Å². The van der Waals surface area contributed by atoms with Gasteiger partial charge in [0, 0.05) is 18.2 Å². The number of nitrogens with one attached hydrogen (secondary N) is 1. The minimum Gasteiger partial charge on any atom is -0.441 e. The van der Waals surface area contributed by atoms with Gasteiger partial charge in [0.25, 0.3) is 0 Å². The zero-order chi connectivity index (χ0) is 15.1. The average Bonchev–Trinajstić information content (AvgIpc) is 3.11. The molecule has 0 saturated heterocycles. The van der Waals surface area contributed by atoms with Crippen molar-refractivity contribution in [3.63, 3.8) is 0 Å². The van der Waals surface area contributed by atoms with Crippen LogP contribution in [0.4, 0.5) is 0 Å². The number of nitrogens with zero attached hydrogens (tertiary/aromatic N) is 3. The van der Waals surface area contributed by atoms with Gasteiger partial charge >= 0.3 is 0 Å². The van der Waals surface area contributed by atoms with Gasteiger partial charge < -0.3 is 4.42 Å². The van der Waals surface area contributed by atoms with E-state index in [4.69, 9.17) is 4.42 Å². The second-order valence-electron chi connectivity index (χ2n) is 5.24. The number of aryl methyl sites for hydroxylation is 2. The first-order valence-corrected chi connectivity index (χ1v) is 7.06. The predicted octanol–water partition coefficient (Wildman–Crippen LogP) is 3.90. The second kappa shape index (κ2) is 4.80. The fraction of sp³-hybridized carbons (Fsp3) is 0.118. The van der Waals surface area contributed by atoms with Crippen LogP contribution in [0.2, 0.25) is 0 Å². The highest BCUT2D eigenvalue weighted by Gasteiger charge is 2.13. The number of pyridine rings is 1. The van der Waals surface area contributed by atoms with E-state index < -0.39 is 0 Å². The SMILES string of the molecule is Cc1cccc(-c2[nH]ncc2-c2ccc3oc(C)nc3c2)n1. The Kier molecular flexibility index (Phi) is 2.79. The number of fused-ring (bicyclic) bond motifs is 1. The lowest BCUT2D eigenvalue weighted by molar-refractivity contribution is 0.561. The summed E-state index contributed by atoms with van der Waals surface area (Å²) in [6.45, 7) is 3.82. The molecule has 0 atom stereocenters. The van der Waals surface area contributed by atoms with E-state index in [-0.39, 0.29) is 0 Å². The Bertz CT molecular complexity index is 968. The first-order valence-electron chi connectivity index (χ1n) is 7.06. The normalized spacial score (nSPS) is 11.2. The maximum Gasteiger partial charge on any atom is 0.192 e. The molecule has 0 bridgehead atoms. The highest BCUT2D eigenvalue weighted by atomic mass is 16.3. The minimum atomic E-state index is 0.667. The molecule has 0 aliphatic rings. The third-order valence-electron chi connectivity index (χ3n) is 3.59. The van der Waals surface area contributed by atoms with E-state index in [0.29, 0.717) is 5.89 Å². The van der Waals surface area contributed by atoms with Crippen LogP contribution in [0.5, 0.6) is 0 Å². The summed E-state index contributed by atoms with van der Waals surface area (Å²) in [6, 6.07) is 11.9. The van der Waals surface area contributed by atoms with Crippen LogP contribution in [0, 0.1) is 13.8 Å². The van der Waals surface area contributed by atoms with Gasteiger partial charge in [0.15, 0.2) is 11.5 Å². The number of benzene rings is 1. The van der Waals surface area contributed by atoms with Crippen molar-refractivity contribution in [1.29, 1.82) is 0 Å². The molecule has 4 rings (SSSR count). The van der Waals surface area contributed by atoms with Crippen LogP contribution in [-0.2, 0) is 0 Å². The van der Waals surface area contributed by atoms with Crippen molar-refractivity contribution in [3.05, 3.63) is 54.2 Å². The molecule has 0 unspecified atom stereocenters. The zero-order valence-electron chi connectivity index (χ0n) is 12.3. The summed E-state index contributed by atoms with van der Waals surface area (Å²) in [5.41, 5.74) is 6.43. The van der Waals surface area contributed by atoms with Gasteiger partial charge in [0.1, 0.15) is 5.52 Å². The molecule has 108 valence electrons. The fourth-order valence-corrected chi connectivity index (χ4v) is 2.59. The van der Waals surface area contributed by atoms with Gasteiger partial charge in [-0.25, -0.2) is 4.98 Å². The maximum atomic E-state index is 5.52. The molecule has 0 aliphatic carbocycles. The van der Waals surface area contributed by atoms with Crippen molar-refractivity contribution in [2.24, 2.45) is 0 Å². The quantitative estimate of drug-likeness (QED) is 0.608. The lowest BCUT2D eigenvalue weighted by Crippen LogP contribution is -1.88. The Morgan fingerprint density at radius 2 is 1.95 bits per heavy atom. The summed E-state index contributed by atoms with van der Waals surface area (Å²) in [6.07, 6.45) is 1.81. The first kappa shape index (κ1) is 12.8. The largest absolute Gasteiger partial charge is 0.441 e. The van der Waals surface area contributed by atoms with Gasteiger partial charge in [0.2, 0.25) is 0 Å². The van der Waals surface area contributed by atoms with Crippen molar-refractivity contribution in [3.8, 4) is 22.5 Å². The van der Waals surface area contributed by atoms with Crippen molar-refractivity contribution in [2.45, 2.75) is 13.8 Å². The molecule has 5 heteroatoms. The zero-order valence-corrected chi connectivity index (χ0v) is 12.3. The van der Waals surface area contributed by atoms with Crippen LogP contribution < -0.4 is 0 Å². The molecule has 0 fully saturated rings. The van der Waals surface area contributed by atoms with Crippen LogP contribution in [0.25, 0.3) is 33.6 Å². The van der Waals surface area contributed by atoms with Gasteiger partial charge in [0.05, 0.1) is 17.6 Å². The molecule has 3 aromatic heterocycles. The van der Waals surface area contributed by atoms with E-state index in [1.54, 1.807) is 0 Å². The Morgan fingerprint density at radius 1 is 1.05 bits per heavy atom. The molecule has 0 amide bonds. The number of aromatic nitrogens is 4. The monoisotopic (exact) mass is 290 g/mol. The maximum absolute atomic E-state index is 5.52. The second-order valence-corrected chi connectivity index (χ2v) is 5.24. The van der Waals surface area contributed by atoms with Crippen LogP contribution in [0.15, 0.2) is 47.0 Å². The van der Waals surface area contributed by atoms with E-state index in [2.05, 4.69) is 20.2 Å². The van der Waals surface area contributed by atoms with Gasteiger partial charge in [-0.1, -0.05) is 12.1 Å². The van der Waals surface area contributed by atoms with Crippen LogP contribution in [0.3, 0.4) is 0 Å². The Labute approximate surface area is 127 Å². The molecular formula is C17H14N4O. The highest BCUT2D eigenvalue weighted by molar-refractivity contribution is 5.85. The van der Waals surface area contributed by atoms with E-state index in [1.807, 2.05) is 56.4 Å². The lowest BCUT2D eigenvalue weighted by Gasteiger charge is -2.04. The fourth-order valence-electron chi connectivity index (χ4n) is 2.59. The molecule has 1 N–H and O–H groups in total. The number of rotatable bonds is 2. The number of aromatic amines is 1. The van der Waals surface area contributed by atoms with Crippen molar-refractivity contribution < 1.29 is 4.42 Å². The molecule has 0 radical (unpaired) electrons. The Morgan fingerprint density at radius 3 is 2.82 bits per heavy atom. The average molecular weight is 290 g/mol. The molecule has 5 nitrogen and oxygen atoms in total. The molecule has 22 heavy (non-hydrogen) atoms. The van der Waals surface area contributed by atoms with Crippen molar-refractivity contribution in [1.82, 2.24) is 20.2 Å². The van der Waals surface area contributed by atoms with Gasteiger partial charge in [-0.05, 0) is 36.8 Å². The predicted molar refractivity (Wildman–Crippen MR) is 84.3 cm³/mol. The molecule has 1 aromatic carbocycles. The van der Waals surface area contributed by atoms with Crippen LogP contribution >= 0.6 is 0 Å². The third-order valence-corrected chi connectivity index (χ3v) is 3.59. The number of hydrogen-bond acceptors (Lipinski definition) is 4. The summed E-state index contributed by atoms with van der Waals surface area (Å²) in [5.74, 6) is 0.667. The summed E-state index contributed by atoms with van der Waals surface area (Å²) in [7, 11) is 0. The topological polar surface area (TPSA) is 67.6 Å². The number of oxazole rings is 1.